The molecule has 0 amide bonds. The van der Waals surface area contributed by atoms with Crippen molar-refractivity contribution in [1.29, 1.82) is 0 Å². The van der Waals surface area contributed by atoms with Gasteiger partial charge in [-0.2, -0.15) is 0 Å². The summed E-state index contributed by atoms with van der Waals surface area (Å²) in [6.45, 7) is 0. The monoisotopic (exact) mass is 250 g/mol. The van der Waals surface area contributed by atoms with Crippen LogP contribution in [-0.2, 0) is 0 Å². The molecular weight excluding hydrogens is 230 g/mol. The van der Waals surface area contributed by atoms with E-state index in [4.69, 9.17) is 9.60 Å². The van der Waals surface area contributed by atoms with Crippen molar-refractivity contribution < 1.29 is 9.60 Å². The molecule has 19 heavy (non-hydrogen) atoms. The van der Waals surface area contributed by atoms with Crippen LogP contribution in [0.15, 0.2) is 72.6 Å². The van der Waals surface area contributed by atoms with Crippen LogP contribution in [0, 0.1) is 0 Å². The van der Waals surface area contributed by atoms with Crippen LogP contribution >= 0.6 is 0 Å². The number of benzene rings is 3. The van der Waals surface area contributed by atoms with Crippen molar-refractivity contribution in [2.75, 3.05) is 0 Å². The van der Waals surface area contributed by atoms with Crippen LogP contribution in [-0.4, -0.2) is 4.98 Å². The highest BCUT2D eigenvalue weighted by Gasteiger charge is 2.08. The lowest BCUT2D eigenvalue weighted by Gasteiger charge is -2.04. The molecule has 0 fully saturated rings. The number of aromatic amines is 1. The topological polar surface area (TPSA) is 15.8 Å². The maximum absolute atomic E-state index is 8.38. The Morgan fingerprint density at radius 3 is 2.47 bits per heavy atom. The molecule has 1 aromatic heterocycles. The fourth-order valence-electron chi connectivity index (χ4n) is 2.29. The maximum Gasteiger partial charge on any atom is 0.0645 e. The molecule has 0 aliphatic heterocycles. The average molecular weight is 250 g/mol. The Bertz CT molecular complexity index is 1200. The van der Waals surface area contributed by atoms with Crippen LogP contribution in [0.1, 0.15) is 9.60 Å². The summed E-state index contributed by atoms with van der Waals surface area (Å²) >= 11 is 0. The van der Waals surface area contributed by atoms with Gasteiger partial charge in [-0.1, -0.05) is 60.5 Å². The molecule has 4 aromatic rings. The third-order valence-electron chi connectivity index (χ3n) is 3.12. The molecule has 3 aromatic carbocycles. The Hall–Kier alpha value is -2.54. The van der Waals surface area contributed by atoms with Gasteiger partial charge in [0, 0.05) is 21.8 Å². The lowest BCUT2D eigenvalue weighted by atomic mass is 10.00. The molecule has 0 aliphatic rings. The first kappa shape index (κ1) is 5.62. The molecule has 1 N–H and O–H groups in total. The SMILES string of the molecule is [2H]c1c([2H])c([2H])c2c([nH]c3c([2H])c([2H])c([2H])c(-c4ccccc4)c32)c1[2H]. The molecule has 0 bridgehead atoms. The van der Waals surface area contributed by atoms with E-state index in [2.05, 4.69) is 4.98 Å². The maximum atomic E-state index is 8.38. The molecule has 0 spiro atoms. The van der Waals surface area contributed by atoms with Crippen LogP contribution in [0.3, 0.4) is 0 Å². The van der Waals surface area contributed by atoms with E-state index in [9.17, 15) is 0 Å². The molecule has 4 rings (SSSR count). The number of hydrogen-bond donors (Lipinski definition) is 1. The lowest BCUT2D eigenvalue weighted by Crippen LogP contribution is -1.78. The highest BCUT2D eigenvalue weighted by molar-refractivity contribution is 6.14. The van der Waals surface area contributed by atoms with Crippen molar-refractivity contribution in [2.24, 2.45) is 0 Å². The fraction of sp³-hybridized carbons (Fsp3) is 0. The van der Waals surface area contributed by atoms with Gasteiger partial charge in [0.25, 0.3) is 0 Å². The minimum absolute atomic E-state index is 0.137. The van der Waals surface area contributed by atoms with Crippen molar-refractivity contribution in [3.8, 4) is 11.1 Å². The van der Waals surface area contributed by atoms with Crippen LogP contribution in [0.2, 0.25) is 0 Å². The van der Waals surface area contributed by atoms with Crippen LogP contribution in [0.5, 0.6) is 0 Å². The third-order valence-corrected chi connectivity index (χ3v) is 3.12. The van der Waals surface area contributed by atoms with E-state index in [1.54, 1.807) is 24.3 Å². The summed E-state index contributed by atoms with van der Waals surface area (Å²) in [5, 5.41) is 0.621. The average Bonchev–Trinajstić information content (AvgIpc) is 3.04. The van der Waals surface area contributed by atoms with Gasteiger partial charge in [-0.25, -0.2) is 0 Å². The van der Waals surface area contributed by atoms with E-state index in [1.165, 1.54) is 0 Å². The van der Waals surface area contributed by atoms with Crippen molar-refractivity contribution in [3.63, 3.8) is 0 Å². The number of rotatable bonds is 1. The second-order valence-electron chi connectivity index (χ2n) is 4.24. The molecule has 0 atom stereocenters. The van der Waals surface area contributed by atoms with E-state index in [0.717, 1.165) is 0 Å². The third kappa shape index (κ3) is 1.55. The summed E-state index contributed by atoms with van der Waals surface area (Å²) in [6, 6.07) is 7.21. The quantitative estimate of drug-likeness (QED) is 0.490. The van der Waals surface area contributed by atoms with Gasteiger partial charge in [0.15, 0.2) is 0 Å². The van der Waals surface area contributed by atoms with Crippen molar-refractivity contribution >= 4 is 21.8 Å². The van der Waals surface area contributed by atoms with E-state index in [1.807, 2.05) is 6.07 Å². The number of fused-ring (bicyclic) bond motifs is 3. The molecule has 1 heteroatoms. The van der Waals surface area contributed by atoms with Crippen LogP contribution in [0.25, 0.3) is 32.9 Å². The van der Waals surface area contributed by atoms with Gasteiger partial charge < -0.3 is 4.98 Å². The standard InChI is InChI=1S/C18H13N/c1-2-7-13(8-3-1)14-10-6-12-17-18(14)15-9-4-5-11-16(15)19-17/h1-12,19H/i4D,5D,6D,9D,10D,11D,12D. The van der Waals surface area contributed by atoms with E-state index < -0.39 is 0 Å². The molecule has 90 valence electrons. The van der Waals surface area contributed by atoms with Gasteiger partial charge in [-0.15, -0.1) is 0 Å². The molecule has 1 nitrogen and oxygen atoms in total. The highest BCUT2D eigenvalue weighted by Crippen LogP contribution is 2.34. The van der Waals surface area contributed by atoms with E-state index in [-0.39, 0.29) is 58.7 Å². The molecule has 0 aliphatic carbocycles. The van der Waals surface area contributed by atoms with Gasteiger partial charge in [-0.3, -0.25) is 0 Å². The zero-order valence-corrected chi connectivity index (χ0v) is 9.89. The predicted molar refractivity (Wildman–Crippen MR) is 81.2 cm³/mol. The first-order chi connectivity index (χ1) is 12.3. The van der Waals surface area contributed by atoms with E-state index >= 15 is 0 Å². The molecule has 0 unspecified atom stereocenters. The van der Waals surface area contributed by atoms with Gasteiger partial charge in [0.2, 0.25) is 0 Å². The van der Waals surface area contributed by atoms with Crippen LogP contribution < -0.4 is 0 Å². The van der Waals surface area contributed by atoms with Gasteiger partial charge in [-0.05, 0) is 23.2 Å². The second-order valence-corrected chi connectivity index (χ2v) is 4.24. The largest absolute Gasteiger partial charge is 0.354 e. The number of aromatic nitrogens is 1. The summed E-state index contributed by atoms with van der Waals surface area (Å²) in [4.78, 5) is 2.90. The van der Waals surface area contributed by atoms with Crippen LogP contribution in [0.4, 0.5) is 0 Å². The molecule has 0 saturated heterocycles. The minimum Gasteiger partial charge on any atom is -0.354 e. The zero-order valence-electron chi connectivity index (χ0n) is 16.9. The fourth-order valence-corrected chi connectivity index (χ4v) is 2.29. The predicted octanol–water partition coefficient (Wildman–Crippen LogP) is 4.99. The Balaban J connectivity index is 2.36. The second kappa shape index (κ2) is 3.99. The van der Waals surface area contributed by atoms with Crippen molar-refractivity contribution in [1.82, 2.24) is 4.98 Å². The number of hydrogen-bond acceptors (Lipinski definition) is 0. The summed E-state index contributed by atoms with van der Waals surface area (Å²) in [7, 11) is 0. The Kier molecular flexibility index (Phi) is 1.18. The summed E-state index contributed by atoms with van der Waals surface area (Å²) in [5.41, 5.74) is 1.47. The van der Waals surface area contributed by atoms with Gasteiger partial charge >= 0.3 is 0 Å². The Labute approximate surface area is 121 Å². The number of nitrogens with one attached hydrogen (secondary N) is 1. The van der Waals surface area contributed by atoms with Crippen molar-refractivity contribution in [3.05, 3.63) is 72.6 Å². The minimum atomic E-state index is -0.365. The molecule has 1 heterocycles. The Morgan fingerprint density at radius 2 is 1.58 bits per heavy atom. The molecule has 0 saturated carbocycles. The first-order valence-electron chi connectivity index (χ1n) is 9.41. The summed E-state index contributed by atoms with van der Waals surface area (Å²) < 4.78 is 57.0. The summed E-state index contributed by atoms with van der Waals surface area (Å²) in [6.07, 6.45) is 0. The van der Waals surface area contributed by atoms with Gasteiger partial charge in [0.1, 0.15) is 0 Å². The smallest absolute Gasteiger partial charge is 0.0645 e. The molecule has 0 radical (unpaired) electrons. The Morgan fingerprint density at radius 1 is 0.789 bits per heavy atom. The zero-order chi connectivity index (χ0) is 18.7. The normalized spacial score (nSPS) is 16.3. The van der Waals surface area contributed by atoms with Crippen molar-refractivity contribution in [2.45, 2.75) is 0 Å². The number of para-hydroxylation sites is 1. The highest BCUT2D eigenvalue weighted by atomic mass is 14.7. The molecular formula is C18H13N. The first-order valence-corrected chi connectivity index (χ1v) is 5.91. The lowest BCUT2D eigenvalue weighted by molar-refractivity contribution is 1.54. The summed E-state index contributed by atoms with van der Waals surface area (Å²) in [5.74, 6) is 0. The van der Waals surface area contributed by atoms with E-state index in [0.29, 0.717) is 16.5 Å². The van der Waals surface area contributed by atoms with Gasteiger partial charge in [0.05, 0.1) is 9.60 Å². The number of H-pyrrole nitrogens is 1.